The van der Waals surface area contributed by atoms with Crippen molar-refractivity contribution in [2.24, 2.45) is 0 Å². The molecule has 0 unspecified atom stereocenters. The number of anilines is 4. The third kappa shape index (κ3) is 4.51. The SMILES string of the molecule is C=CC(=O)Nc1ccc(F)c(Oc2nc(Nc3ccc(N(C)C)cc3)nn3cccc23)c1. The molecule has 162 valence electrons. The number of carbonyl (C=O) groups excluding carboxylic acids is 1. The van der Waals surface area contributed by atoms with Crippen molar-refractivity contribution in [3.05, 3.63) is 79.3 Å². The highest BCUT2D eigenvalue weighted by molar-refractivity contribution is 5.98. The monoisotopic (exact) mass is 432 g/mol. The van der Waals surface area contributed by atoms with E-state index in [0.717, 1.165) is 17.5 Å². The summed E-state index contributed by atoms with van der Waals surface area (Å²) in [6.07, 6.45) is 2.86. The largest absolute Gasteiger partial charge is 0.434 e. The van der Waals surface area contributed by atoms with E-state index in [1.165, 1.54) is 18.2 Å². The van der Waals surface area contributed by atoms with Crippen molar-refractivity contribution in [3.8, 4) is 11.6 Å². The highest BCUT2D eigenvalue weighted by Gasteiger charge is 2.14. The van der Waals surface area contributed by atoms with E-state index in [1.54, 1.807) is 22.8 Å². The van der Waals surface area contributed by atoms with E-state index in [4.69, 9.17) is 4.74 Å². The molecule has 2 aromatic carbocycles. The number of hydrogen-bond acceptors (Lipinski definition) is 6. The molecule has 2 N–H and O–H groups in total. The van der Waals surface area contributed by atoms with Gasteiger partial charge in [0, 0.05) is 43.4 Å². The minimum Gasteiger partial charge on any atom is -0.434 e. The lowest BCUT2D eigenvalue weighted by Gasteiger charge is -2.14. The van der Waals surface area contributed by atoms with E-state index in [0.29, 0.717) is 11.2 Å². The first-order valence-corrected chi connectivity index (χ1v) is 9.73. The first-order chi connectivity index (χ1) is 15.4. The normalized spacial score (nSPS) is 10.6. The van der Waals surface area contributed by atoms with Gasteiger partial charge in [-0.05, 0) is 54.6 Å². The molecule has 0 aliphatic carbocycles. The van der Waals surface area contributed by atoms with Crippen LogP contribution in [0.3, 0.4) is 0 Å². The lowest BCUT2D eigenvalue weighted by atomic mass is 10.2. The standard InChI is InChI=1S/C23H21FN6O2/c1-4-21(31)25-16-9-12-18(24)20(14-16)32-22-19-6-5-13-30(19)28-23(27-22)26-15-7-10-17(11-8-15)29(2)3/h4-14H,1H2,2-3H3,(H,25,31)(H,26,28). The summed E-state index contributed by atoms with van der Waals surface area (Å²) in [5, 5.41) is 10.1. The Hall–Kier alpha value is -4.40. The second-order valence-electron chi connectivity index (χ2n) is 7.09. The maximum absolute atomic E-state index is 14.4. The zero-order chi connectivity index (χ0) is 22.7. The van der Waals surface area contributed by atoms with Crippen molar-refractivity contribution in [2.45, 2.75) is 0 Å². The summed E-state index contributed by atoms with van der Waals surface area (Å²) in [6.45, 7) is 3.40. The summed E-state index contributed by atoms with van der Waals surface area (Å²) >= 11 is 0. The van der Waals surface area contributed by atoms with Crippen LogP contribution in [0.15, 0.2) is 73.4 Å². The van der Waals surface area contributed by atoms with Crippen molar-refractivity contribution in [2.75, 3.05) is 29.6 Å². The number of halogens is 1. The third-order valence-corrected chi connectivity index (χ3v) is 4.59. The molecule has 0 spiro atoms. The van der Waals surface area contributed by atoms with E-state index in [2.05, 4.69) is 27.3 Å². The van der Waals surface area contributed by atoms with Crippen molar-refractivity contribution in [3.63, 3.8) is 0 Å². The van der Waals surface area contributed by atoms with Gasteiger partial charge in [0.15, 0.2) is 11.6 Å². The van der Waals surface area contributed by atoms with Gasteiger partial charge in [-0.15, -0.1) is 5.10 Å². The van der Waals surface area contributed by atoms with Gasteiger partial charge in [-0.3, -0.25) is 4.79 Å². The first-order valence-electron chi connectivity index (χ1n) is 9.73. The molecule has 0 saturated heterocycles. The minimum atomic E-state index is -0.598. The Morgan fingerprint density at radius 2 is 1.91 bits per heavy atom. The summed E-state index contributed by atoms with van der Waals surface area (Å²) < 4.78 is 21.8. The lowest BCUT2D eigenvalue weighted by Crippen LogP contribution is -2.08. The molecule has 1 amide bonds. The quantitative estimate of drug-likeness (QED) is 0.416. The molecule has 0 aliphatic heterocycles. The summed E-state index contributed by atoms with van der Waals surface area (Å²) in [4.78, 5) is 18.0. The van der Waals surface area contributed by atoms with Crippen molar-refractivity contribution in [1.29, 1.82) is 0 Å². The number of carbonyl (C=O) groups is 1. The first kappa shape index (κ1) is 20.9. The van der Waals surface area contributed by atoms with Crippen molar-refractivity contribution in [1.82, 2.24) is 14.6 Å². The average molecular weight is 432 g/mol. The van der Waals surface area contributed by atoms with Crippen LogP contribution in [0.25, 0.3) is 5.52 Å². The van der Waals surface area contributed by atoms with Gasteiger partial charge < -0.3 is 20.3 Å². The van der Waals surface area contributed by atoms with Gasteiger partial charge in [0.25, 0.3) is 0 Å². The fourth-order valence-corrected chi connectivity index (χ4v) is 2.96. The second-order valence-corrected chi connectivity index (χ2v) is 7.09. The highest BCUT2D eigenvalue weighted by Crippen LogP contribution is 2.30. The van der Waals surface area contributed by atoms with Gasteiger partial charge in [-0.1, -0.05) is 6.58 Å². The number of rotatable bonds is 7. The van der Waals surface area contributed by atoms with E-state index >= 15 is 0 Å². The zero-order valence-electron chi connectivity index (χ0n) is 17.5. The molecule has 2 heterocycles. The van der Waals surface area contributed by atoms with Gasteiger partial charge in [-0.2, -0.15) is 4.98 Å². The van der Waals surface area contributed by atoms with Gasteiger partial charge in [0.05, 0.1) is 0 Å². The number of ether oxygens (including phenoxy) is 1. The molecule has 0 aliphatic rings. The predicted molar refractivity (Wildman–Crippen MR) is 122 cm³/mol. The molecular formula is C23H21FN6O2. The molecule has 0 radical (unpaired) electrons. The molecule has 4 rings (SSSR count). The molecule has 8 nitrogen and oxygen atoms in total. The van der Waals surface area contributed by atoms with Gasteiger partial charge in [0.1, 0.15) is 5.52 Å². The van der Waals surface area contributed by atoms with E-state index in [1.807, 2.05) is 43.3 Å². The van der Waals surface area contributed by atoms with Gasteiger partial charge >= 0.3 is 0 Å². The Labute approximate surface area is 184 Å². The Morgan fingerprint density at radius 1 is 1.16 bits per heavy atom. The molecule has 0 bridgehead atoms. The molecule has 4 aromatic rings. The number of amides is 1. The van der Waals surface area contributed by atoms with Gasteiger partial charge in [0.2, 0.25) is 17.7 Å². The molecule has 0 fully saturated rings. The Balaban J connectivity index is 1.64. The van der Waals surface area contributed by atoms with Crippen LogP contribution in [0.5, 0.6) is 11.6 Å². The number of fused-ring (bicyclic) bond motifs is 1. The smallest absolute Gasteiger partial charge is 0.248 e. The lowest BCUT2D eigenvalue weighted by molar-refractivity contribution is -0.111. The minimum absolute atomic E-state index is 0.0880. The Bertz CT molecular complexity index is 1280. The van der Waals surface area contributed by atoms with Crippen LogP contribution in [0, 0.1) is 5.82 Å². The van der Waals surface area contributed by atoms with E-state index < -0.39 is 11.7 Å². The number of aromatic nitrogens is 3. The molecule has 32 heavy (non-hydrogen) atoms. The summed E-state index contributed by atoms with van der Waals surface area (Å²) in [6, 6.07) is 15.3. The van der Waals surface area contributed by atoms with E-state index in [9.17, 15) is 9.18 Å². The second kappa shape index (κ2) is 8.76. The van der Waals surface area contributed by atoms with Crippen molar-refractivity contribution >= 4 is 34.4 Å². The number of nitrogens with one attached hydrogen (secondary N) is 2. The maximum Gasteiger partial charge on any atom is 0.248 e. The van der Waals surface area contributed by atoms with Crippen LogP contribution >= 0.6 is 0 Å². The highest BCUT2D eigenvalue weighted by atomic mass is 19.1. The van der Waals surface area contributed by atoms with Crippen molar-refractivity contribution < 1.29 is 13.9 Å². The number of nitrogens with zero attached hydrogens (tertiary/aromatic N) is 4. The average Bonchev–Trinajstić information content (AvgIpc) is 3.25. The molecule has 0 atom stereocenters. The molecular weight excluding hydrogens is 411 g/mol. The fraction of sp³-hybridized carbons (Fsp3) is 0.0870. The van der Waals surface area contributed by atoms with Crippen LogP contribution in [0.4, 0.5) is 27.4 Å². The molecule has 9 heteroatoms. The zero-order valence-corrected chi connectivity index (χ0v) is 17.5. The topological polar surface area (TPSA) is 83.8 Å². The van der Waals surface area contributed by atoms with Crippen LogP contribution in [-0.4, -0.2) is 34.6 Å². The van der Waals surface area contributed by atoms with Crippen LogP contribution in [-0.2, 0) is 4.79 Å². The van der Waals surface area contributed by atoms with Gasteiger partial charge in [-0.25, -0.2) is 8.91 Å². The molecule has 2 aromatic heterocycles. The Morgan fingerprint density at radius 3 is 2.62 bits per heavy atom. The maximum atomic E-state index is 14.4. The van der Waals surface area contributed by atoms with Crippen LogP contribution in [0.1, 0.15) is 0 Å². The number of hydrogen-bond donors (Lipinski definition) is 2. The fourth-order valence-electron chi connectivity index (χ4n) is 2.96. The summed E-state index contributed by atoms with van der Waals surface area (Å²) in [5.41, 5.74) is 2.76. The third-order valence-electron chi connectivity index (χ3n) is 4.59. The van der Waals surface area contributed by atoms with Crippen LogP contribution < -0.4 is 20.3 Å². The summed E-state index contributed by atoms with van der Waals surface area (Å²) in [5.74, 6) is -0.666. The summed E-state index contributed by atoms with van der Waals surface area (Å²) in [7, 11) is 3.93. The molecule has 0 saturated carbocycles. The number of benzene rings is 2. The van der Waals surface area contributed by atoms with E-state index in [-0.39, 0.29) is 17.6 Å². The predicted octanol–water partition coefficient (Wildman–Crippen LogP) is 4.59. The van der Waals surface area contributed by atoms with Crippen LogP contribution in [0.2, 0.25) is 0 Å². The Kier molecular flexibility index (Phi) is 5.71.